The molecule has 0 radical (unpaired) electrons. The van der Waals surface area contributed by atoms with Crippen molar-refractivity contribution < 1.29 is 14.6 Å². The number of likely N-dealkylation sites (tertiary alicyclic amines) is 1. The van der Waals surface area contributed by atoms with Crippen molar-refractivity contribution in [2.45, 2.75) is 45.3 Å². The fraction of sp³-hybridized carbons (Fsp3) is 0.667. The second-order valence-electron chi connectivity index (χ2n) is 5.51. The first-order valence-corrected chi connectivity index (χ1v) is 8.09. The molecule has 1 aliphatic heterocycles. The molecule has 0 amide bonds. The number of nitrogens with zero attached hydrogens (tertiary/aromatic N) is 1. The average Bonchev–Trinajstić information content (AvgIpc) is 3.06. The summed E-state index contributed by atoms with van der Waals surface area (Å²) in [7, 11) is 0. The van der Waals surface area contributed by atoms with Crippen LogP contribution in [0.4, 0.5) is 0 Å². The quantitative estimate of drug-likeness (QED) is 0.820. The van der Waals surface area contributed by atoms with E-state index in [0.717, 1.165) is 30.9 Å². The highest BCUT2D eigenvalue weighted by Crippen LogP contribution is 2.27. The molecule has 1 saturated heterocycles. The summed E-state index contributed by atoms with van der Waals surface area (Å²) in [5, 5.41) is 10.2. The van der Waals surface area contributed by atoms with Gasteiger partial charge in [-0.15, -0.1) is 11.3 Å². The number of carbonyl (C=O) groups excluding carboxylic acids is 1. The van der Waals surface area contributed by atoms with E-state index in [-0.39, 0.29) is 12.1 Å². The molecule has 1 unspecified atom stereocenters. The Morgan fingerprint density at radius 3 is 2.75 bits per heavy atom. The molecule has 1 atom stereocenters. The Morgan fingerprint density at radius 1 is 1.40 bits per heavy atom. The zero-order valence-corrected chi connectivity index (χ0v) is 13.0. The van der Waals surface area contributed by atoms with Crippen molar-refractivity contribution in [3.8, 4) is 0 Å². The number of hydrogen-bond donors (Lipinski definition) is 1. The highest BCUT2D eigenvalue weighted by atomic mass is 32.1. The van der Waals surface area contributed by atoms with Gasteiger partial charge in [-0.05, 0) is 58.3 Å². The summed E-state index contributed by atoms with van der Waals surface area (Å²) >= 11 is 1.33. The Kier molecular flexibility index (Phi) is 5.57. The minimum absolute atomic E-state index is 0.117. The van der Waals surface area contributed by atoms with Crippen LogP contribution in [-0.2, 0) is 4.74 Å². The maximum absolute atomic E-state index is 11.8. The molecule has 4 nitrogen and oxygen atoms in total. The first-order valence-electron chi connectivity index (χ1n) is 7.27. The summed E-state index contributed by atoms with van der Waals surface area (Å²) in [6.07, 6.45) is 2.65. The summed E-state index contributed by atoms with van der Waals surface area (Å²) in [5.74, 6) is -0.303. The predicted octanol–water partition coefficient (Wildman–Crippen LogP) is 2.83. The van der Waals surface area contributed by atoms with Crippen molar-refractivity contribution in [3.63, 3.8) is 0 Å². The molecule has 112 valence electrons. The summed E-state index contributed by atoms with van der Waals surface area (Å²) < 4.78 is 5.15. The SMILES string of the molecule is CC(C)OC(=O)c1ccc(C(O)CCN2CCCC2)s1. The Bertz CT molecular complexity index is 438. The zero-order chi connectivity index (χ0) is 14.5. The van der Waals surface area contributed by atoms with Crippen LogP contribution in [0.3, 0.4) is 0 Å². The van der Waals surface area contributed by atoms with Gasteiger partial charge in [-0.1, -0.05) is 0 Å². The smallest absolute Gasteiger partial charge is 0.348 e. The van der Waals surface area contributed by atoms with E-state index in [1.807, 2.05) is 19.9 Å². The minimum atomic E-state index is -0.485. The third-order valence-corrected chi connectivity index (χ3v) is 4.58. The standard InChI is InChI=1S/C15H23NO3S/c1-11(2)19-15(18)14-6-5-13(20-14)12(17)7-10-16-8-3-4-9-16/h5-6,11-12,17H,3-4,7-10H2,1-2H3. The number of rotatable bonds is 6. The van der Waals surface area contributed by atoms with Gasteiger partial charge in [0.15, 0.2) is 0 Å². The van der Waals surface area contributed by atoms with Gasteiger partial charge in [0.2, 0.25) is 0 Å². The number of esters is 1. The van der Waals surface area contributed by atoms with Gasteiger partial charge in [-0.2, -0.15) is 0 Å². The topological polar surface area (TPSA) is 49.8 Å². The van der Waals surface area contributed by atoms with Crippen LogP contribution in [-0.4, -0.2) is 41.7 Å². The van der Waals surface area contributed by atoms with Crippen molar-refractivity contribution in [1.29, 1.82) is 0 Å². The summed E-state index contributed by atoms with van der Waals surface area (Å²) in [4.78, 5) is 15.5. The van der Waals surface area contributed by atoms with Crippen LogP contribution >= 0.6 is 11.3 Å². The van der Waals surface area contributed by atoms with Crippen LogP contribution in [0.5, 0.6) is 0 Å². The van der Waals surface area contributed by atoms with Gasteiger partial charge in [0.05, 0.1) is 12.2 Å². The summed E-state index contributed by atoms with van der Waals surface area (Å²) in [6, 6.07) is 3.57. The lowest BCUT2D eigenvalue weighted by Gasteiger charge is -2.16. The third-order valence-electron chi connectivity index (χ3n) is 3.42. The van der Waals surface area contributed by atoms with Gasteiger partial charge in [0.25, 0.3) is 0 Å². The molecule has 0 bridgehead atoms. The lowest BCUT2D eigenvalue weighted by atomic mass is 10.2. The minimum Gasteiger partial charge on any atom is -0.459 e. The molecule has 0 aromatic carbocycles. The average molecular weight is 297 g/mol. The van der Waals surface area contributed by atoms with E-state index < -0.39 is 6.10 Å². The molecule has 0 aliphatic carbocycles. The molecule has 5 heteroatoms. The Labute approximate surface area is 124 Å². The molecule has 20 heavy (non-hydrogen) atoms. The third kappa shape index (κ3) is 4.30. The molecular formula is C15H23NO3S. The molecule has 1 aromatic heterocycles. The molecule has 2 heterocycles. The van der Waals surface area contributed by atoms with Gasteiger partial charge in [-0.25, -0.2) is 4.79 Å². The van der Waals surface area contributed by atoms with Gasteiger partial charge >= 0.3 is 5.97 Å². The van der Waals surface area contributed by atoms with Crippen LogP contribution < -0.4 is 0 Å². The van der Waals surface area contributed by atoms with Crippen LogP contribution in [0, 0.1) is 0 Å². The van der Waals surface area contributed by atoms with Gasteiger partial charge in [0, 0.05) is 11.4 Å². The molecule has 1 aromatic rings. The van der Waals surface area contributed by atoms with Crippen molar-refractivity contribution in [2.75, 3.05) is 19.6 Å². The number of carbonyl (C=O) groups is 1. The normalized spacial score (nSPS) is 17.6. The molecular weight excluding hydrogens is 274 g/mol. The summed E-state index contributed by atoms with van der Waals surface area (Å²) in [6.45, 7) is 6.87. The number of aliphatic hydroxyl groups excluding tert-OH is 1. The lowest BCUT2D eigenvalue weighted by molar-refractivity contribution is 0.0384. The largest absolute Gasteiger partial charge is 0.459 e. The van der Waals surface area contributed by atoms with Gasteiger partial charge < -0.3 is 14.7 Å². The monoisotopic (exact) mass is 297 g/mol. The van der Waals surface area contributed by atoms with E-state index in [2.05, 4.69) is 4.90 Å². The fourth-order valence-corrected chi connectivity index (χ4v) is 3.28. The maximum Gasteiger partial charge on any atom is 0.348 e. The van der Waals surface area contributed by atoms with Crippen LogP contribution in [0.15, 0.2) is 12.1 Å². The van der Waals surface area contributed by atoms with Crippen LogP contribution in [0.25, 0.3) is 0 Å². The first kappa shape index (κ1) is 15.5. The lowest BCUT2D eigenvalue weighted by Crippen LogP contribution is -2.21. The van der Waals surface area contributed by atoms with E-state index in [0.29, 0.717) is 4.88 Å². The summed E-state index contributed by atoms with van der Waals surface area (Å²) in [5.41, 5.74) is 0. The molecule has 2 rings (SSSR count). The Balaban J connectivity index is 1.85. The van der Waals surface area contributed by atoms with Crippen LogP contribution in [0.2, 0.25) is 0 Å². The Hall–Kier alpha value is -0.910. The molecule has 1 fully saturated rings. The van der Waals surface area contributed by atoms with E-state index in [4.69, 9.17) is 4.74 Å². The molecule has 0 spiro atoms. The van der Waals surface area contributed by atoms with E-state index in [9.17, 15) is 9.90 Å². The predicted molar refractivity (Wildman–Crippen MR) is 80.1 cm³/mol. The first-order chi connectivity index (χ1) is 9.56. The van der Waals surface area contributed by atoms with E-state index in [1.54, 1.807) is 6.07 Å². The Morgan fingerprint density at radius 2 is 2.10 bits per heavy atom. The fourth-order valence-electron chi connectivity index (χ4n) is 2.37. The number of ether oxygens (including phenoxy) is 1. The second-order valence-corrected chi connectivity index (χ2v) is 6.62. The van der Waals surface area contributed by atoms with Crippen molar-refractivity contribution in [2.24, 2.45) is 0 Å². The van der Waals surface area contributed by atoms with Crippen LogP contribution in [0.1, 0.15) is 53.8 Å². The molecule has 1 aliphatic rings. The zero-order valence-electron chi connectivity index (χ0n) is 12.2. The molecule has 0 saturated carbocycles. The molecule has 1 N–H and O–H groups in total. The maximum atomic E-state index is 11.8. The van der Waals surface area contributed by atoms with Crippen molar-refractivity contribution in [1.82, 2.24) is 4.90 Å². The number of thiophene rings is 1. The number of aliphatic hydroxyl groups is 1. The highest BCUT2D eigenvalue weighted by Gasteiger charge is 2.18. The van der Waals surface area contributed by atoms with Crippen molar-refractivity contribution in [3.05, 3.63) is 21.9 Å². The van der Waals surface area contributed by atoms with E-state index >= 15 is 0 Å². The second kappa shape index (κ2) is 7.20. The highest BCUT2D eigenvalue weighted by molar-refractivity contribution is 7.14. The van der Waals surface area contributed by atoms with Gasteiger partial charge in [-0.3, -0.25) is 0 Å². The van der Waals surface area contributed by atoms with E-state index in [1.165, 1.54) is 24.2 Å². The van der Waals surface area contributed by atoms with Gasteiger partial charge in [0.1, 0.15) is 4.88 Å². The number of hydrogen-bond acceptors (Lipinski definition) is 5. The van der Waals surface area contributed by atoms with Crippen molar-refractivity contribution >= 4 is 17.3 Å².